The topological polar surface area (TPSA) is 31.4 Å². The van der Waals surface area contributed by atoms with Crippen LogP contribution in [0.5, 0.6) is 5.75 Å². The molecule has 0 aliphatic heterocycles. The summed E-state index contributed by atoms with van der Waals surface area (Å²) in [6, 6.07) is 3.95. The lowest BCUT2D eigenvalue weighted by atomic mass is 9.91. The predicted molar refractivity (Wildman–Crippen MR) is 67.8 cm³/mol. The van der Waals surface area contributed by atoms with Crippen molar-refractivity contribution >= 4 is 11.6 Å². The Morgan fingerprint density at radius 2 is 2.24 bits per heavy atom. The number of ether oxygens (including phenoxy) is 2. The molecule has 0 radical (unpaired) electrons. The molecule has 0 amide bonds. The third kappa shape index (κ3) is 2.55. The maximum Gasteiger partial charge on any atom is 0.141 e. The minimum absolute atomic E-state index is 0.0114. The second-order valence-electron chi connectivity index (χ2n) is 4.36. The molecule has 0 aromatic carbocycles. The first-order valence-corrected chi connectivity index (χ1v) is 6.39. The highest BCUT2D eigenvalue weighted by Gasteiger charge is 2.42. The molecule has 1 aromatic rings. The van der Waals surface area contributed by atoms with Crippen molar-refractivity contribution in [3.05, 3.63) is 23.5 Å². The monoisotopic (exact) mass is 255 g/mol. The fourth-order valence-corrected chi connectivity index (χ4v) is 2.50. The highest BCUT2D eigenvalue weighted by atomic mass is 35.5. The smallest absolute Gasteiger partial charge is 0.141 e. The van der Waals surface area contributed by atoms with Gasteiger partial charge in [0.15, 0.2) is 0 Å². The molecule has 3 nitrogen and oxygen atoms in total. The number of alkyl halides is 1. The Balaban J connectivity index is 2.09. The van der Waals surface area contributed by atoms with Crippen LogP contribution in [-0.4, -0.2) is 29.7 Å². The van der Waals surface area contributed by atoms with E-state index < -0.39 is 0 Å². The maximum absolute atomic E-state index is 6.05. The van der Waals surface area contributed by atoms with Crippen molar-refractivity contribution in [3.8, 4) is 5.75 Å². The number of hydrogen-bond donors (Lipinski definition) is 0. The molecule has 2 rings (SSSR count). The third-order valence-electron chi connectivity index (χ3n) is 3.14. The Kier molecular flexibility index (Phi) is 3.89. The molecule has 94 valence electrons. The number of rotatable bonds is 4. The van der Waals surface area contributed by atoms with Crippen LogP contribution >= 0.6 is 11.6 Å². The lowest BCUT2D eigenvalue weighted by Crippen LogP contribution is -2.52. The van der Waals surface area contributed by atoms with Gasteiger partial charge in [-0.2, -0.15) is 0 Å². The molecule has 0 spiro atoms. The summed E-state index contributed by atoms with van der Waals surface area (Å²) in [5.74, 6) is 0.855. The normalized spacial score (nSPS) is 27.6. The zero-order valence-electron chi connectivity index (χ0n) is 10.4. The van der Waals surface area contributed by atoms with Crippen LogP contribution < -0.4 is 4.74 Å². The van der Waals surface area contributed by atoms with Crippen molar-refractivity contribution < 1.29 is 9.47 Å². The van der Waals surface area contributed by atoms with Gasteiger partial charge in [0.2, 0.25) is 0 Å². The number of aromatic nitrogens is 1. The van der Waals surface area contributed by atoms with E-state index in [4.69, 9.17) is 21.1 Å². The highest BCUT2D eigenvalue weighted by molar-refractivity contribution is 6.21. The van der Waals surface area contributed by atoms with Crippen molar-refractivity contribution in [2.75, 3.05) is 7.11 Å². The quantitative estimate of drug-likeness (QED) is 0.776. The van der Waals surface area contributed by atoms with E-state index in [1.165, 1.54) is 0 Å². The molecule has 17 heavy (non-hydrogen) atoms. The lowest BCUT2D eigenvalue weighted by molar-refractivity contribution is -0.0588. The largest absolute Gasteiger partial charge is 0.486 e. The van der Waals surface area contributed by atoms with Crippen LogP contribution in [-0.2, 0) is 11.2 Å². The van der Waals surface area contributed by atoms with Gasteiger partial charge in [0.1, 0.15) is 18.0 Å². The van der Waals surface area contributed by atoms with E-state index in [2.05, 4.69) is 11.9 Å². The Bertz CT molecular complexity index is 397. The van der Waals surface area contributed by atoms with Gasteiger partial charge in [-0.3, -0.25) is 4.98 Å². The summed E-state index contributed by atoms with van der Waals surface area (Å²) in [6.45, 7) is 4.06. The summed E-state index contributed by atoms with van der Waals surface area (Å²) >= 11 is 6.05. The molecule has 3 atom stereocenters. The van der Waals surface area contributed by atoms with Gasteiger partial charge in [-0.1, -0.05) is 6.92 Å². The number of nitrogens with zero attached hydrogens (tertiary/aromatic N) is 1. The van der Waals surface area contributed by atoms with Crippen LogP contribution in [0.1, 0.15) is 24.7 Å². The molecular formula is C13H18ClNO2. The molecule has 1 heterocycles. The summed E-state index contributed by atoms with van der Waals surface area (Å²) in [5.41, 5.74) is 2.01. The average molecular weight is 256 g/mol. The first kappa shape index (κ1) is 12.7. The molecule has 0 N–H and O–H groups in total. The molecule has 0 saturated heterocycles. The molecule has 0 bridgehead atoms. The van der Waals surface area contributed by atoms with Crippen LogP contribution in [0.25, 0.3) is 0 Å². The van der Waals surface area contributed by atoms with Crippen LogP contribution in [0, 0.1) is 6.92 Å². The first-order chi connectivity index (χ1) is 8.15. The molecule has 1 fully saturated rings. The zero-order chi connectivity index (χ0) is 12.4. The lowest BCUT2D eigenvalue weighted by Gasteiger charge is -2.39. The van der Waals surface area contributed by atoms with E-state index >= 15 is 0 Å². The minimum Gasteiger partial charge on any atom is -0.486 e. The summed E-state index contributed by atoms with van der Waals surface area (Å²) in [6.07, 6.45) is 1.74. The van der Waals surface area contributed by atoms with Crippen molar-refractivity contribution in [1.82, 2.24) is 4.98 Å². The van der Waals surface area contributed by atoms with Gasteiger partial charge in [-0.05, 0) is 25.5 Å². The summed E-state index contributed by atoms with van der Waals surface area (Å²) in [7, 11) is 1.67. The molecule has 1 saturated carbocycles. The number of methoxy groups -OCH3 is 1. The number of pyridine rings is 1. The van der Waals surface area contributed by atoms with E-state index in [0.29, 0.717) is 0 Å². The van der Waals surface area contributed by atoms with Gasteiger partial charge in [0.05, 0.1) is 11.1 Å². The summed E-state index contributed by atoms with van der Waals surface area (Å²) in [4.78, 5) is 4.47. The van der Waals surface area contributed by atoms with Crippen LogP contribution in [0.3, 0.4) is 0 Å². The Morgan fingerprint density at radius 1 is 1.47 bits per heavy atom. The van der Waals surface area contributed by atoms with E-state index in [1.807, 2.05) is 19.1 Å². The fourth-order valence-electron chi connectivity index (χ4n) is 2.06. The zero-order valence-corrected chi connectivity index (χ0v) is 11.2. The molecule has 3 unspecified atom stereocenters. The molecule has 1 aromatic heterocycles. The highest BCUT2D eigenvalue weighted by Crippen LogP contribution is 2.33. The Morgan fingerprint density at radius 3 is 2.82 bits per heavy atom. The Labute approximate surface area is 107 Å². The van der Waals surface area contributed by atoms with E-state index in [9.17, 15) is 0 Å². The molecule has 1 aliphatic rings. The second kappa shape index (κ2) is 5.23. The fraction of sp³-hybridized carbons (Fsp3) is 0.615. The molecular weight excluding hydrogens is 238 g/mol. The van der Waals surface area contributed by atoms with Crippen molar-refractivity contribution in [2.45, 2.75) is 44.3 Å². The van der Waals surface area contributed by atoms with Gasteiger partial charge in [-0.15, -0.1) is 11.6 Å². The third-order valence-corrected chi connectivity index (χ3v) is 3.56. The number of hydrogen-bond acceptors (Lipinski definition) is 3. The van der Waals surface area contributed by atoms with Gasteiger partial charge in [-0.25, -0.2) is 0 Å². The minimum atomic E-state index is -0.0114. The van der Waals surface area contributed by atoms with Crippen molar-refractivity contribution in [2.24, 2.45) is 0 Å². The van der Waals surface area contributed by atoms with Gasteiger partial charge >= 0.3 is 0 Å². The number of halogens is 1. The average Bonchev–Trinajstić information content (AvgIpc) is 2.30. The van der Waals surface area contributed by atoms with Crippen LogP contribution in [0.15, 0.2) is 12.1 Å². The molecule has 4 heteroatoms. The maximum atomic E-state index is 6.05. The van der Waals surface area contributed by atoms with E-state index in [1.54, 1.807) is 7.11 Å². The molecule has 1 aliphatic carbocycles. The van der Waals surface area contributed by atoms with Gasteiger partial charge < -0.3 is 9.47 Å². The van der Waals surface area contributed by atoms with Crippen molar-refractivity contribution in [1.29, 1.82) is 0 Å². The van der Waals surface area contributed by atoms with Gasteiger partial charge in [0, 0.05) is 19.2 Å². The van der Waals surface area contributed by atoms with E-state index in [-0.39, 0.29) is 17.6 Å². The summed E-state index contributed by atoms with van der Waals surface area (Å²) in [5, 5.41) is 0.0634. The number of aryl methyl sites for hydroxylation is 2. The second-order valence-corrected chi connectivity index (χ2v) is 4.92. The predicted octanol–water partition coefficient (Wildman–Crippen LogP) is 2.73. The van der Waals surface area contributed by atoms with Crippen LogP contribution in [0.2, 0.25) is 0 Å². The standard InChI is InChI=1S/C13H18ClNO2/c1-4-10-11(6-5-8(2)15-10)17-12-7-9(14)13(12)16-3/h5-6,9,12-13H,4,7H2,1-3H3. The SMILES string of the molecule is CCc1nc(C)ccc1OC1CC(Cl)C1OC. The van der Waals surface area contributed by atoms with E-state index in [0.717, 1.165) is 30.0 Å². The first-order valence-electron chi connectivity index (χ1n) is 5.95. The van der Waals surface area contributed by atoms with Crippen molar-refractivity contribution in [3.63, 3.8) is 0 Å². The Hall–Kier alpha value is -0.800. The summed E-state index contributed by atoms with van der Waals surface area (Å²) < 4.78 is 11.2. The van der Waals surface area contributed by atoms with Crippen LogP contribution in [0.4, 0.5) is 0 Å². The van der Waals surface area contributed by atoms with Gasteiger partial charge in [0.25, 0.3) is 0 Å².